The molecule has 318 valence electrons. The summed E-state index contributed by atoms with van der Waals surface area (Å²) in [5.74, 6) is 0. The molecule has 0 aliphatic heterocycles. The number of aromatic nitrogens is 1. The van der Waals surface area contributed by atoms with E-state index in [-0.39, 0.29) is 0 Å². The van der Waals surface area contributed by atoms with Crippen LogP contribution in [0, 0.1) is 0 Å². The van der Waals surface area contributed by atoms with E-state index in [1.807, 2.05) is 0 Å². The van der Waals surface area contributed by atoms with Gasteiger partial charge in [-0.1, -0.05) is 188 Å². The second-order valence-corrected chi connectivity index (χ2v) is 17.6. The zero-order valence-electron chi connectivity index (χ0n) is 37.2. The molecule has 0 N–H and O–H groups in total. The highest BCUT2D eigenvalue weighted by Crippen LogP contribution is 2.45. The fourth-order valence-electron chi connectivity index (χ4n) is 10.4. The number of nitrogens with zero attached hydrogens (tertiary/aromatic N) is 1. The van der Waals surface area contributed by atoms with Gasteiger partial charge in [-0.2, -0.15) is 0 Å². The first-order valence-electron chi connectivity index (χ1n) is 23.3. The third-order valence-corrected chi connectivity index (χ3v) is 13.6. The minimum atomic E-state index is 0.864. The van der Waals surface area contributed by atoms with Gasteiger partial charge >= 0.3 is 0 Å². The van der Waals surface area contributed by atoms with Gasteiger partial charge < -0.3 is 8.98 Å². The summed E-state index contributed by atoms with van der Waals surface area (Å²) in [6.45, 7) is 0. The van der Waals surface area contributed by atoms with Gasteiger partial charge in [-0.25, -0.2) is 0 Å². The Bertz CT molecular complexity index is 3920. The molecule has 2 heteroatoms. The molecule has 2 heterocycles. The summed E-state index contributed by atoms with van der Waals surface area (Å²) in [4.78, 5) is 0. The van der Waals surface area contributed by atoms with Gasteiger partial charge in [0.25, 0.3) is 0 Å². The first-order chi connectivity index (χ1) is 33.7. The van der Waals surface area contributed by atoms with Gasteiger partial charge in [0.05, 0.1) is 16.4 Å². The molecule has 0 atom stereocenters. The first-order valence-corrected chi connectivity index (χ1v) is 23.3. The molecule has 0 fully saturated rings. The van der Waals surface area contributed by atoms with E-state index in [4.69, 9.17) is 4.42 Å². The summed E-state index contributed by atoms with van der Waals surface area (Å²) in [6, 6.07) is 94.4. The molecule has 13 aromatic rings. The zero-order chi connectivity index (χ0) is 45.0. The molecule has 0 saturated carbocycles. The van der Waals surface area contributed by atoms with Crippen LogP contribution in [0.15, 0.2) is 265 Å². The SMILES string of the molecule is c1ccc(-c2cc(-c3ccccc3)cc(-c3cc(-c4ccc(-c5ccccc5)c(-c5ccccc5)c4)ccc3-c3ccc4c(c3)oc3c4ccc4c3c3ccccc3n4-c3ccccc3)c2)cc1. The van der Waals surface area contributed by atoms with E-state index in [0.29, 0.717) is 0 Å². The Morgan fingerprint density at radius 1 is 0.250 bits per heavy atom. The summed E-state index contributed by atoms with van der Waals surface area (Å²) >= 11 is 0. The highest BCUT2D eigenvalue weighted by atomic mass is 16.3. The van der Waals surface area contributed by atoms with Crippen molar-refractivity contribution < 1.29 is 4.42 Å². The van der Waals surface area contributed by atoms with Crippen molar-refractivity contribution in [2.24, 2.45) is 0 Å². The lowest BCUT2D eigenvalue weighted by Gasteiger charge is -2.17. The van der Waals surface area contributed by atoms with Crippen LogP contribution in [-0.4, -0.2) is 4.57 Å². The van der Waals surface area contributed by atoms with Crippen LogP contribution < -0.4 is 0 Å². The van der Waals surface area contributed by atoms with Gasteiger partial charge in [-0.05, 0) is 151 Å². The van der Waals surface area contributed by atoms with E-state index in [9.17, 15) is 0 Å². The number of hydrogen-bond donors (Lipinski definition) is 0. The second-order valence-electron chi connectivity index (χ2n) is 17.6. The molecule has 0 aliphatic carbocycles. The van der Waals surface area contributed by atoms with Crippen molar-refractivity contribution in [1.29, 1.82) is 0 Å². The van der Waals surface area contributed by atoms with Gasteiger partial charge in [-0.15, -0.1) is 0 Å². The lowest BCUT2D eigenvalue weighted by Crippen LogP contribution is -1.92. The molecule has 68 heavy (non-hydrogen) atoms. The van der Waals surface area contributed by atoms with Crippen LogP contribution in [0.4, 0.5) is 0 Å². The normalized spacial score (nSPS) is 11.5. The molecule has 11 aromatic carbocycles. The Hall–Kier alpha value is -8.98. The van der Waals surface area contributed by atoms with Gasteiger partial charge in [0.2, 0.25) is 0 Å². The van der Waals surface area contributed by atoms with Crippen molar-refractivity contribution in [3.05, 3.63) is 261 Å². The van der Waals surface area contributed by atoms with Crippen molar-refractivity contribution in [2.45, 2.75) is 0 Å². The minimum Gasteiger partial charge on any atom is -0.455 e. The van der Waals surface area contributed by atoms with Crippen LogP contribution in [0.25, 0.3) is 127 Å². The quantitative estimate of drug-likeness (QED) is 0.149. The molecule has 0 aliphatic rings. The molecule has 2 aromatic heterocycles. The van der Waals surface area contributed by atoms with Crippen molar-refractivity contribution in [3.8, 4) is 83.6 Å². The number of rotatable bonds is 8. The molecule has 2 nitrogen and oxygen atoms in total. The average molecular weight is 866 g/mol. The fourth-order valence-corrected chi connectivity index (χ4v) is 10.4. The molecular formula is C66H43NO. The molecule has 0 radical (unpaired) electrons. The van der Waals surface area contributed by atoms with Gasteiger partial charge in [0.15, 0.2) is 0 Å². The van der Waals surface area contributed by atoms with Crippen molar-refractivity contribution >= 4 is 43.7 Å². The topological polar surface area (TPSA) is 18.1 Å². The number of fused-ring (bicyclic) bond motifs is 7. The lowest BCUT2D eigenvalue weighted by molar-refractivity contribution is 0.673. The maximum absolute atomic E-state index is 7.07. The van der Waals surface area contributed by atoms with Crippen LogP contribution >= 0.6 is 0 Å². The summed E-state index contributed by atoms with van der Waals surface area (Å²) in [5, 5.41) is 4.52. The van der Waals surface area contributed by atoms with Crippen LogP contribution in [-0.2, 0) is 0 Å². The van der Waals surface area contributed by atoms with E-state index in [0.717, 1.165) is 77.4 Å². The summed E-state index contributed by atoms with van der Waals surface area (Å²) in [5.41, 5.74) is 21.5. The molecule has 0 spiro atoms. The maximum atomic E-state index is 7.07. The Labute approximate surface area is 395 Å². The van der Waals surface area contributed by atoms with E-state index in [1.54, 1.807) is 0 Å². The second kappa shape index (κ2) is 16.5. The number of hydrogen-bond acceptors (Lipinski definition) is 1. The smallest absolute Gasteiger partial charge is 0.145 e. The third-order valence-electron chi connectivity index (χ3n) is 13.6. The van der Waals surface area contributed by atoms with Crippen LogP contribution in [0.1, 0.15) is 0 Å². The van der Waals surface area contributed by atoms with Gasteiger partial charge in [0, 0.05) is 21.8 Å². The Morgan fingerprint density at radius 2 is 0.721 bits per heavy atom. The largest absolute Gasteiger partial charge is 0.455 e. The molecule has 0 unspecified atom stereocenters. The highest BCUT2D eigenvalue weighted by molar-refractivity contribution is 6.24. The van der Waals surface area contributed by atoms with Gasteiger partial charge in [0.1, 0.15) is 11.2 Å². The Morgan fingerprint density at radius 3 is 1.34 bits per heavy atom. The minimum absolute atomic E-state index is 0.864. The fraction of sp³-hybridized carbons (Fsp3) is 0. The van der Waals surface area contributed by atoms with Gasteiger partial charge in [-0.3, -0.25) is 0 Å². The van der Waals surface area contributed by atoms with E-state index >= 15 is 0 Å². The van der Waals surface area contributed by atoms with Crippen molar-refractivity contribution in [2.75, 3.05) is 0 Å². The molecule has 0 amide bonds. The summed E-state index contributed by atoms with van der Waals surface area (Å²) in [6.07, 6.45) is 0. The maximum Gasteiger partial charge on any atom is 0.145 e. The first kappa shape index (κ1) is 39.4. The van der Waals surface area contributed by atoms with Crippen molar-refractivity contribution in [1.82, 2.24) is 4.57 Å². The van der Waals surface area contributed by atoms with Crippen molar-refractivity contribution in [3.63, 3.8) is 0 Å². The number of benzene rings is 11. The number of furan rings is 1. The van der Waals surface area contributed by atoms with E-state index in [1.165, 1.54) is 49.9 Å². The average Bonchev–Trinajstić information content (AvgIpc) is 3.97. The van der Waals surface area contributed by atoms with Crippen LogP contribution in [0.5, 0.6) is 0 Å². The monoisotopic (exact) mass is 865 g/mol. The Balaban J connectivity index is 1.03. The third kappa shape index (κ3) is 6.82. The molecule has 0 saturated heterocycles. The summed E-state index contributed by atoms with van der Waals surface area (Å²) in [7, 11) is 0. The van der Waals surface area contributed by atoms with E-state index < -0.39 is 0 Å². The highest BCUT2D eigenvalue weighted by Gasteiger charge is 2.21. The number of para-hydroxylation sites is 2. The summed E-state index contributed by atoms with van der Waals surface area (Å²) < 4.78 is 9.42. The molecule has 13 rings (SSSR count). The Kier molecular flexibility index (Phi) is 9.54. The van der Waals surface area contributed by atoms with E-state index in [2.05, 4.69) is 265 Å². The zero-order valence-corrected chi connectivity index (χ0v) is 37.2. The standard InChI is InChI=1S/C66H43NO/c1-6-18-44(19-7-1)51-38-52(45-20-8-2-9-21-45)40-53(39-51)61-42-49(48-30-33-55(46-22-10-3-11-23-46)60(41-48)47-24-12-4-13-25-47)31-34-56(61)50-32-35-57-58-36-37-63-65(66(58)68-64(57)43-50)59-28-16-17-29-62(59)67(63)54-26-14-5-15-27-54/h1-43H. The lowest BCUT2D eigenvalue weighted by atomic mass is 9.86. The van der Waals surface area contributed by atoms with Crippen LogP contribution in [0.2, 0.25) is 0 Å². The predicted molar refractivity (Wildman–Crippen MR) is 286 cm³/mol. The molecule has 0 bridgehead atoms. The molecular weight excluding hydrogens is 823 g/mol. The predicted octanol–water partition coefficient (Wildman–Crippen LogP) is 18.4. The van der Waals surface area contributed by atoms with Crippen LogP contribution in [0.3, 0.4) is 0 Å².